The molecule has 0 aromatic heterocycles. The molecule has 0 saturated heterocycles. The minimum Gasteiger partial charge on any atom is -0.512 e. The Morgan fingerprint density at radius 3 is 2.91 bits per heavy atom. The van der Waals surface area contributed by atoms with Crippen LogP contribution in [-0.4, -0.2) is 5.11 Å². The van der Waals surface area contributed by atoms with E-state index in [0.717, 1.165) is 0 Å². The van der Waals surface area contributed by atoms with Gasteiger partial charge in [0.05, 0.1) is 5.76 Å². The maximum Gasteiger partial charge on any atom is 0.0959 e. The van der Waals surface area contributed by atoms with Crippen molar-refractivity contribution in [1.82, 2.24) is 0 Å². The van der Waals surface area contributed by atoms with Gasteiger partial charge in [-0.25, -0.2) is 0 Å². The average Bonchev–Trinajstić information content (AvgIpc) is 2.06. The fourth-order valence-electron chi connectivity index (χ4n) is 2.18. The van der Waals surface area contributed by atoms with Crippen LogP contribution in [0.2, 0.25) is 0 Å². The van der Waals surface area contributed by atoms with Gasteiger partial charge in [0.15, 0.2) is 0 Å². The van der Waals surface area contributed by atoms with Crippen LogP contribution in [0.25, 0.3) is 0 Å². The van der Waals surface area contributed by atoms with Gasteiger partial charge in [-0.05, 0) is 24.8 Å². The van der Waals surface area contributed by atoms with Crippen LogP contribution in [0.4, 0.5) is 0 Å². The molecule has 1 N–H and O–H groups in total. The molecule has 60 valence electrons. The van der Waals surface area contributed by atoms with Crippen molar-refractivity contribution in [3.05, 3.63) is 24.0 Å². The van der Waals surface area contributed by atoms with Crippen LogP contribution < -0.4 is 0 Å². The third kappa shape index (κ3) is 1.20. The molecule has 0 bridgehead atoms. The van der Waals surface area contributed by atoms with E-state index in [-0.39, 0.29) is 0 Å². The quantitative estimate of drug-likeness (QED) is 0.563. The van der Waals surface area contributed by atoms with E-state index in [0.29, 0.717) is 17.6 Å². The first kappa shape index (κ1) is 6.96. The lowest BCUT2D eigenvalue weighted by Gasteiger charge is -2.30. The highest BCUT2D eigenvalue weighted by molar-refractivity contribution is 5.19. The fraction of sp³-hybridized carbons (Fsp3) is 0.600. The Morgan fingerprint density at radius 1 is 1.27 bits per heavy atom. The first-order chi connectivity index (χ1) is 5.38. The van der Waals surface area contributed by atoms with Gasteiger partial charge in [-0.2, -0.15) is 0 Å². The van der Waals surface area contributed by atoms with Crippen LogP contribution in [-0.2, 0) is 0 Å². The van der Waals surface area contributed by atoms with Crippen LogP contribution in [0.1, 0.15) is 25.7 Å². The summed E-state index contributed by atoms with van der Waals surface area (Å²) < 4.78 is 0. The van der Waals surface area contributed by atoms with Gasteiger partial charge in [0, 0.05) is 5.92 Å². The van der Waals surface area contributed by atoms with E-state index in [1.54, 1.807) is 0 Å². The van der Waals surface area contributed by atoms with Crippen LogP contribution in [0.5, 0.6) is 0 Å². The van der Waals surface area contributed by atoms with Crippen molar-refractivity contribution in [2.45, 2.75) is 25.7 Å². The summed E-state index contributed by atoms with van der Waals surface area (Å²) in [5, 5.41) is 9.51. The molecule has 0 heterocycles. The number of fused-ring (bicyclic) bond motifs is 1. The predicted octanol–water partition coefficient (Wildman–Crippen LogP) is 2.80. The number of hydrogen-bond donors (Lipinski definition) is 1. The summed E-state index contributed by atoms with van der Waals surface area (Å²) in [6, 6.07) is 0. The Hall–Kier alpha value is -0.720. The van der Waals surface area contributed by atoms with Crippen molar-refractivity contribution in [3.63, 3.8) is 0 Å². The number of hydrogen-bond acceptors (Lipinski definition) is 1. The number of aliphatic hydroxyl groups is 1. The van der Waals surface area contributed by atoms with E-state index < -0.39 is 0 Å². The lowest BCUT2D eigenvalue weighted by Crippen LogP contribution is -2.21. The minimum atomic E-state index is 0.453. The van der Waals surface area contributed by atoms with Gasteiger partial charge in [-0.1, -0.05) is 25.0 Å². The van der Waals surface area contributed by atoms with Crippen molar-refractivity contribution >= 4 is 0 Å². The third-order valence-electron chi connectivity index (χ3n) is 2.82. The normalized spacial score (nSPS) is 36.2. The highest BCUT2D eigenvalue weighted by Gasteiger charge is 2.27. The Labute approximate surface area is 67.4 Å². The zero-order valence-corrected chi connectivity index (χ0v) is 6.66. The molecule has 1 saturated carbocycles. The third-order valence-corrected chi connectivity index (χ3v) is 2.82. The predicted molar refractivity (Wildman–Crippen MR) is 45.3 cm³/mol. The molecule has 2 aliphatic rings. The minimum absolute atomic E-state index is 0.453. The van der Waals surface area contributed by atoms with Gasteiger partial charge < -0.3 is 5.11 Å². The first-order valence-corrected chi connectivity index (χ1v) is 4.45. The number of rotatable bonds is 0. The zero-order chi connectivity index (χ0) is 7.68. The van der Waals surface area contributed by atoms with Gasteiger partial charge in [-0.3, -0.25) is 0 Å². The number of aliphatic hydroxyl groups excluding tert-OH is 1. The molecule has 1 heteroatoms. The van der Waals surface area contributed by atoms with Crippen LogP contribution in [0.15, 0.2) is 24.0 Å². The maximum absolute atomic E-state index is 9.51. The number of allylic oxidation sites excluding steroid dienone is 4. The standard InChI is InChI=1S/C10H14O/c11-10-7-3-5-8-4-1-2-6-9(8)10/h3,5,7-9,11H,1-2,4,6H2/t8-,9-/m0/s1. The van der Waals surface area contributed by atoms with Gasteiger partial charge in [0.2, 0.25) is 0 Å². The first-order valence-electron chi connectivity index (χ1n) is 4.45. The van der Waals surface area contributed by atoms with Gasteiger partial charge in [0.25, 0.3) is 0 Å². The molecule has 0 aliphatic heterocycles. The summed E-state index contributed by atoms with van der Waals surface area (Å²) in [6.45, 7) is 0. The summed E-state index contributed by atoms with van der Waals surface area (Å²) in [5.41, 5.74) is 0. The molecule has 0 spiro atoms. The lowest BCUT2D eigenvalue weighted by atomic mass is 9.76. The molecule has 0 radical (unpaired) electrons. The summed E-state index contributed by atoms with van der Waals surface area (Å²) in [5.74, 6) is 1.69. The Balaban J connectivity index is 2.16. The monoisotopic (exact) mass is 150 g/mol. The Morgan fingerprint density at radius 2 is 2.09 bits per heavy atom. The maximum atomic E-state index is 9.51. The topological polar surface area (TPSA) is 20.2 Å². The molecule has 11 heavy (non-hydrogen) atoms. The molecule has 0 unspecified atom stereocenters. The highest BCUT2D eigenvalue weighted by atomic mass is 16.3. The molecule has 1 nitrogen and oxygen atoms in total. The van der Waals surface area contributed by atoms with E-state index >= 15 is 0 Å². The van der Waals surface area contributed by atoms with Crippen molar-refractivity contribution in [2.24, 2.45) is 11.8 Å². The smallest absolute Gasteiger partial charge is 0.0959 e. The highest BCUT2D eigenvalue weighted by Crippen LogP contribution is 2.36. The van der Waals surface area contributed by atoms with E-state index in [1.807, 2.05) is 12.2 Å². The average molecular weight is 150 g/mol. The molecule has 2 atom stereocenters. The molecular weight excluding hydrogens is 136 g/mol. The van der Waals surface area contributed by atoms with E-state index in [2.05, 4.69) is 6.08 Å². The van der Waals surface area contributed by atoms with Crippen LogP contribution in [0.3, 0.4) is 0 Å². The molecule has 1 fully saturated rings. The Bertz CT molecular complexity index is 203. The molecular formula is C10H14O. The van der Waals surface area contributed by atoms with E-state index in [9.17, 15) is 5.11 Å². The summed E-state index contributed by atoms with van der Waals surface area (Å²) in [6.07, 6.45) is 11.1. The second-order valence-electron chi connectivity index (χ2n) is 3.53. The largest absolute Gasteiger partial charge is 0.512 e. The summed E-state index contributed by atoms with van der Waals surface area (Å²) >= 11 is 0. The van der Waals surface area contributed by atoms with Crippen LogP contribution in [0, 0.1) is 11.8 Å². The van der Waals surface area contributed by atoms with Gasteiger partial charge in [0.1, 0.15) is 0 Å². The Kier molecular flexibility index (Phi) is 1.72. The SMILES string of the molecule is OC1=CC=C[C@@H]2CCCC[C@H]12. The van der Waals surface area contributed by atoms with Crippen LogP contribution >= 0.6 is 0 Å². The van der Waals surface area contributed by atoms with Crippen molar-refractivity contribution < 1.29 is 5.11 Å². The van der Waals surface area contributed by atoms with Crippen molar-refractivity contribution in [3.8, 4) is 0 Å². The summed E-state index contributed by atoms with van der Waals surface area (Å²) in [4.78, 5) is 0. The lowest BCUT2D eigenvalue weighted by molar-refractivity contribution is 0.229. The van der Waals surface area contributed by atoms with Gasteiger partial charge >= 0.3 is 0 Å². The molecule has 2 rings (SSSR count). The summed E-state index contributed by atoms with van der Waals surface area (Å²) in [7, 11) is 0. The van der Waals surface area contributed by atoms with Crippen molar-refractivity contribution in [1.29, 1.82) is 0 Å². The zero-order valence-electron chi connectivity index (χ0n) is 6.66. The molecule has 0 aromatic carbocycles. The second kappa shape index (κ2) is 2.72. The second-order valence-corrected chi connectivity index (χ2v) is 3.53. The molecule has 2 aliphatic carbocycles. The van der Waals surface area contributed by atoms with Gasteiger partial charge in [-0.15, -0.1) is 0 Å². The van der Waals surface area contributed by atoms with Crippen molar-refractivity contribution in [2.75, 3.05) is 0 Å². The van der Waals surface area contributed by atoms with E-state index in [1.165, 1.54) is 25.7 Å². The molecule has 0 amide bonds. The molecule has 0 aromatic rings. The van der Waals surface area contributed by atoms with E-state index in [4.69, 9.17) is 0 Å². The fourth-order valence-corrected chi connectivity index (χ4v) is 2.18.